The number of carbonyl (C=O) groups is 1. The minimum atomic E-state index is 0.00576. The quantitative estimate of drug-likeness (QED) is 0.550. The fourth-order valence-corrected chi connectivity index (χ4v) is 2.59. The third-order valence-electron chi connectivity index (χ3n) is 4.05. The summed E-state index contributed by atoms with van der Waals surface area (Å²) in [4.78, 5) is 18.2. The van der Waals surface area contributed by atoms with Gasteiger partial charge in [-0.15, -0.1) is 0 Å². The Morgan fingerprint density at radius 1 is 1.26 bits per heavy atom. The Morgan fingerprint density at radius 2 is 2.00 bits per heavy atom. The lowest BCUT2D eigenvalue weighted by Crippen LogP contribution is -2.40. The highest BCUT2D eigenvalue weighted by Gasteiger charge is 2.08. The Kier molecular flexibility index (Phi) is 7.85. The van der Waals surface area contributed by atoms with Gasteiger partial charge in [-0.1, -0.05) is 19.1 Å². The number of hydrogen-bond acceptors (Lipinski definition) is 3. The second kappa shape index (κ2) is 10.4. The molecule has 0 spiro atoms. The Hall–Kier alpha value is -2.83. The number of carbonyl (C=O) groups excluding carboxylic acids is 1. The monoisotopic (exact) mass is 370 g/mol. The van der Waals surface area contributed by atoms with Crippen molar-refractivity contribution in [2.24, 2.45) is 10.9 Å². The summed E-state index contributed by atoms with van der Waals surface area (Å²) in [5, 5.41) is 10.9. The summed E-state index contributed by atoms with van der Waals surface area (Å²) in [6.45, 7) is 7.25. The molecule has 7 heteroatoms. The van der Waals surface area contributed by atoms with Crippen LogP contribution in [-0.2, 0) is 13.1 Å². The molecule has 0 aliphatic heterocycles. The van der Waals surface area contributed by atoms with Crippen LogP contribution < -0.4 is 10.6 Å². The Balaban J connectivity index is 1.89. The van der Waals surface area contributed by atoms with Gasteiger partial charge in [-0.3, -0.25) is 9.48 Å². The molecule has 1 unspecified atom stereocenters. The molecule has 2 aromatic rings. The third-order valence-corrected chi connectivity index (χ3v) is 4.05. The first kappa shape index (κ1) is 20.5. The maximum atomic E-state index is 11.9. The van der Waals surface area contributed by atoms with Crippen LogP contribution in [0.5, 0.6) is 0 Å². The highest BCUT2D eigenvalue weighted by Crippen LogP contribution is 2.07. The van der Waals surface area contributed by atoms with E-state index in [0.29, 0.717) is 18.0 Å². The van der Waals surface area contributed by atoms with Crippen molar-refractivity contribution in [3.05, 3.63) is 53.9 Å². The molecule has 0 aliphatic carbocycles. The first-order chi connectivity index (χ1) is 13.0. The predicted octanol–water partition coefficient (Wildman–Crippen LogP) is 1.98. The fourth-order valence-electron chi connectivity index (χ4n) is 2.59. The van der Waals surface area contributed by atoms with Crippen LogP contribution in [0.1, 0.15) is 29.8 Å². The van der Waals surface area contributed by atoms with Crippen molar-refractivity contribution in [3.63, 3.8) is 0 Å². The van der Waals surface area contributed by atoms with Crippen molar-refractivity contribution in [1.29, 1.82) is 0 Å². The molecule has 1 amide bonds. The lowest BCUT2D eigenvalue weighted by molar-refractivity contribution is 0.0827. The molecular formula is C20H30N6O. The maximum absolute atomic E-state index is 11.9. The van der Waals surface area contributed by atoms with Gasteiger partial charge in [-0.05, 0) is 36.6 Å². The molecule has 1 heterocycles. The molecular weight excluding hydrogens is 340 g/mol. The zero-order valence-corrected chi connectivity index (χ0v) is 16.6. The van der Waals surface area contributed by atoms with Gasteiger partial charge in [0.25, 0.3) is 5.91 Å². The molecule has 2 rings (SSSR count). The SMILES string of the molecule is CCNC(=NCc1ccc(C(=O)N(C)C)cc1)NCC(C)Cn1cccn1. The van der Waals surface area contributed by atoms with Crippen LogP contribution in [-0.4, -0.2) is 53.7 Å². The maximum Gasteiger partial charge on any atom is 0.253 e. The van der Waals surface area contributed by atoms with Gasteiger partial charge in [-0.25, -0.2) is 4.99 Å². The van der Waals surface area contributed by atoms with Gasteiger partial charge in [0.05, 0.1) is 6.54 Å². The second-order valence-corrected chi connectivity index (χ2v) is 6.81. The largest absolute Gasteiger partial charge is 0.357 e. The van der Waals surface area contributed by atoms with Gasteiger partial charge in [-0.2, -0.15) is 5.10 Å². The Bertz CT molecular complexity index is 721. The van der Waals surface area contributed by atoms with Crippen molar-refractivity contribution in [1.82, 2.24) is 25.3 Å². The van der Waals surface area contributed by atoms with Crippen LogP contribution in [0.4, 0.5) is 0 Å². The molecule has 7 nitrogen and oxygen atoms in total. The first-order valence-corrected chi connectivity index (χ1v) is 9.29. The summed E-state index contributed by atoms with van der Waals surface area (Å²) >= 11 is 0. The zero-order chi connectivity index (χ0) is 19.6. The van der Waals surface area contributed by atoms with Crippen LogP contribution in [0, 0.1) is 5.92 Å². The number of rotatable bonds is 8. The van der Waals surface area contributed by atoms with Gasteiger partial charge >= 0.3 is 0 Å². The summed E-state index contributed by atoms with van der Waals surface area (Å²) in [6, 6.07) is 9.52. The van der Waals surface area contributed by atoms with E-state index in [1.165, 1.54) is 0 Å². The van der Waals surface area contributed by atoms with E-state index in [0.717, 1.165) is 31.2 Å². The Labute approximate surface area is 161 Å². The lowest BCUT2D eigenvalue weighted by atomic mass is 10.1. The van der Waals surface area contributed by atoms with E-state index < -0.39 is 0 Å². The average Bonchev–Trinajstić information content (AvgIpc) is 3.16. The number of hydrogen-bond donors (Lipinski definition) is 2. The van der Waals surface area contributed by atoms with Crippen LogP contribution in [0.15, 0.2) is 47.7 Å². The van der Waals surface area contributed by atoms with Gasteiger partial charge < -0.3 is 15.5 Å². The number of nitrogens with one attached hydrogen (secondary N) is 2. The van der Waals surface area contributed by atoms with E-state index in [1.807, 2.05) is 48.1 Å². The minimum absolute atomic E-state index is 0.00576. The number of aromatic nitrogens is 2. The standard InChI is InChI=1S/C20H30N6O/c1-5-21-20(22-13-16(2)15-26-12-6-11-24-26)23-14-17-7-9-18(10-8-17)19(27)25(3)4/h6-12,16H,5,13-15H2,1-4H3,(H2,21,22,23). The topological polar surface area (TPSA) is 74.6 Å². The highest BCUT2D eigenvalue weighted by atomic mass is 16.2. The molecule has 0 saturated heterocycles. The molecule has 27 heavy (non-hydrogen) atoms. The van der Waals surface area contributed by atoms with Crippen molar-refractivity contribution < 1.29 is 4.79 Å². The average molecular weight is 371 g/mol. The number of guanidine groups is 1. The van der Waals surface area contributed by atoms with Crippen molar-refractivity contribution in [2.75, 3.05) is 27.2 Å². The van der Waals surface area contributed by atoms with Crippen LogP contribution >= 0.6 is 0 Å². The smallest absolute Gasteiger partial charge is 0.253 e. The molecule has 2 N–H and O–H groups in total. The number of nitrogens with zero attached hydrogens (tertiary/aromatic N) is 4. The van der Waals surface area contributed by atoms with Crippen molar-refractivity contribution >= 4 is 11.9 Å². The van der Waals surface area contributed by atoms with Crippen molar-refractivity contribution in [2.45, 2.75) is 26.9 Å². The van der Waals surface area contributed by atoms with Crippen molar-refractivity contribution in [3.8, 4) is 0 Å². The molecule has 146 valence electrons. The van der Waals surface area contributed by atoms with Gasteiger partial charge in [0.15, 0.2) is 5.96 Å². The number of aliphatic imine (C=N–C) groups is 1. The molecule has 1 aromatic heterocycles. The molecule has 0 aliphatic rings. The van der Waals surface area contributed by atoms with Gasteiger partial charge in [0, 0.05) is 51.7 Å². The normalized spacial score (nSPS) is 12.5. The molecule has 0 saturated carbocycles. The zero-order valence-electron chi connectivity index (χ0n) is 16.6. The predicted molar refractivity (Wildman–Crippen MR) is 109 cm³/mol. The lowest BCUT2D eigenvalue weighted by Gasteiger charge is -2.16. The van der Waals surface area contributed by atoms with E-state index in [2.05, 4.69) is 27.6 Å². The van der Waals surface area contributed by atoms with E-state index in [-0.39, 0.29) is 5.91 Å². The first-order valence-electron chi connectivity index (χ1n) is 9.29. The van der Waals surface area contributed by atoms with E-state index in [1.54, 1.807) is 25.2 Å². The number of benzene rings is 1. The van der Waals surface area contributed by atoms with Gasteiger partial charge in [0.1, 0.15) is 0 Å². The molecule has 1 atom stereocenters. The summed E-state index contributed by atoms with van der Waals surface area (Å²) in [6.07, 6.45) is 3.77. The third kappa shape index (κ3) is 6.77. The summed E-state index contributed by atoms with van der Waals surface area (Å²) < 4.78 is 1.94. The fraction of sp³-hybridized carbons (Fsp3) is 0.450. The molecule has 0 radical (unpaired) electrons. The van der Waals surface area contributed by atoms with Crippen LogP contribution in [0.3, 0.4) is 0 Å². The van der Waals surface area contributed by atoms with E-state index >= 15 is 0 Å². The molecule has 0 fully saturated rings. The Morgan fingerprint density at radius 3 is 2.59 bits per heavy atom. The highest BCUT2D eigenvalue weighted by molar-refractivity contribution is 5.93. The number of amides is 1. The van der Waals surface area contributed by atoms with E-state index in [9.17, 15) is 4.79 Å². The minimum Gasteiger partial charge on any atom is -0.357 e. The molecule has 0 bridgehead atoms. The summed E-state index contributed by atoms with van der Waals surface area (Å²) in [5.74, 6) is 1.22. The summed E-state index contributed by atoms with van der Waals surface area (Å²) in [5.41, 5.74) is 1.75. The molecule has 1 aromatic carbocycles. The van der Waals surface area contributed by atoms with E-state index in [4.69, 9.17) is 0 Å². The van der Waals surface area contributed by atoms with Gasteiger partial charge in [0.2, 0.25) is 0 Å². The summed E-state index contributed by atoms with van der Waals surface area (Å²) in [7, 11) is 3.50. The van der Waals surface area contributed by atoms with Crippen LogP contribution in [0.25, 0.3) is 0 Å². The second-order valence-electron chi connectivity index (χ2n) is 6.81. The van der Waals surface area contributed by atoms with Crippen LogP contribution in [0.2, 0.25) is 0 Å².